The quantitative estimate of drug-likeness (QED) is 0.687. The maximum absolute atomic E-state index is 11.6. The second-order valence-corrected chi connectivity index (χ2v) is 3.60. The molecule has 1 heterocycles. The van der Waals surface area contributed by atoms with Gasteiger partial charge in [0, 0.05) is 14.1 Å². The zero-order valence-corrected chi connectivity index (χ0v) is 8.77. The molecule has 1 aromatic rings. The summed E-state index contributed by atoms with van der Waals surface area (Å²) >= 11 is 0. The van der Waals surface area contributed by atoms with E-state index in [1.807, 2.05) is 18.2 Å². The minimum absolute atomic E-state index is 0.0792. The van der Waals surface area contributed by atoms with Crippen LogP contribution in [0.2, 0.25) is 0 Å². The normalized spacial score (nSPS) is 18.4. The minimum atomic E-state index is -0.533. The summed E-state index contributed by atoms with van der Waals surface area (Å²) in [5.74, 6) is 1.24. The second-order valence-electron chi connectivity index (χ2n) is 3.60. The largest absolute Gasteiger partial charge is 0.485 e. The number of para-hydroxylation sites is 2. The highest BCUT2D eigenvalue weighted by atomic mass is 16.6. The van der Waals surface area contributed by atoms with Crippen molar-refractivity contribution in [3.63, 3.8) is 0 Å². The van der Waals surface area contributed by atoms with E-state index in [1.165, 1.54) is 4.90 Å². The first-order valence-corrected chi connectivity index (χ1v) is 4.78. The Morgan fingerprint density at radius 3 is 2.67 bits per heavy atom. The van der Waals surface area contributed by atoms with Gasteiger partial charge in [0.15, 0.2) is 11.5 Å². The molecule has 15 heavy (non-hydrogen) atoms. The van der Waals surface area contributed by atoms with Crippen LogP contribution in [0.3, 0.4) is 0 Å². The van der Waals surface area contributed by atoms with Crippen LogP contribution < -0.4 is 9.47 Å². The van der Waals surface area contributed by atoms with Crippen molar-refractivity contribution < 1.29 is 14.3 Å². The monoisotopic (exact) mass is 207 g/mol. The predicted octanol–water partition coefficient (Wildman–Crippen LogP) is 0.915. The Bertz CT molecular complexity index is 376. The standard InChI is InChI=1S/C11H13NO3/c1-12(2)11(13)10-7-14-8-5-3-4-6-9(8)15-10/h3-6,10H,7H2,1-2H3/t10-/m1/s1. The molecule has 0 bridgehead atoms. The highest BCUT2D eigenvalue weighted by Crippen LogP contribution is 2.30. The van der Waals surface area contributed by atoms with Crippen LogP contribution in [0.5, 0.6) is 11.5 Å². The first-order valence-electron chi connectivity index (χ1n) is 4.78. The Kier molecular flexibility index (Phi) is 2.49. The van der Waals surface area contributed by atoms with E-state index in [0.29, 0.717) is 11.5 Å². The molecule has 2 rings (SSSR count). The Hall–Kier alpha value is -1.71. The van der Waals surface area contributed by atoms with Crippen LogP contribution >= 0.6 is 0 Å². The van der Waals surface area contributed by atoms with Crippen LogP contribution in [0.15, 0.2) is 24.3 Å². The molecule has 1 amide bonds. The molecule has 80 valence electrons. The average Bonchev–Trinajstić information content (AvgIpc) is 2.27. The van der Waals surface area contributed by atoms with E-state index < -0.39 is 6.10 Å². The van der Waals surface area contributed by atoms with E-state index in [0.717, 1.165) is 0 Å². The first kappa shape index (κ1) is 9.83. The molecule has 1 aromatic carbocycles. The fraction of sp³-hybridized carbons (Fsp3) is 0.364. The van der Waals surface area contributed by atoms with Crippen molar-refractivity contribution in [1.82, 2.24) is 4.90 Å². The minimum Gasteiger partial charge on any atom is -0.485 e. The Balaban J connectivity index is 2.15. The maximum Gasteiger partial charge on any atom is 0.266 e. The fourth-order valence-electron chi connectivity index (χ4n) is 1.43. The van der Waals surface area contributed by atoms with Gasteiger partial charge in [0.05, 0.1) is 0 Å². The lowest BCUT2D eigenvalue weighted by Crippen LogP contribution is -2.43. The number of carbonyl (C=O) groups excluding carboxylic acids is 1. The SMILES string of the molecule is CN(C)C(=O)[C@H]1COc2ccccc2O1. The maximum atomic E-state index is 11.6. The van der Waals surface area contributed by atoms with Crippen molar-refractivity contribution in [2.45, 2.75) is 6.10 Å². The van der Waals surface area contributed by atoms with Crippen LogP contribution in [0.25, 0.3) is 0 Å². The number of rotatable bonds is 1. The number of nitrogens with zero attached hydrogens (tertiary/aromatic N) is 1. The summed E-state index contributed by atoms with van der Waals surface area (Å²) in [5.41, 5.74) is 0. The van der Waals surface area contributed by atoms with Crippen LogP contribution in [0.1, 0.15) is 0 Å². The molecule has 1 aliphatic heterocycles. The predicted molar refractivity (Wildman–Crippen MR) is 55.0 cm³/mol. The third-order valence-corrected chi connectivity index (χ3v) is 2.22. The van der Waals surface area contributed by atoms with Gasteiger partial charge in [-0.25, -0.2) is 0 Å². The van der Waals surface area contributed by atoms with Gasteiger partial charge in [0.25, 0.3) is 5.91 Å². The molecule has 0 aliphatic carbocycles. The Labute approximate surface area is 88.4 Å². The number of ether oxygens (including phenoxy) is 2. The lowest BCUT2D eigenvalue weighted by molar-refractivity contribution is -0.138. The number of hydrogen-bond acceptors (Lipinski definition) is 3. The van der Waals surface area contributed by atoms with E-state index in [1.54, 1.807) is 20.2 Å². The summed E-state index contributed by atoms with van der Waals surface area (Å²) < 4.78 is 11.0. The molecule has 0 saturated heterocycles. The number of amides is 1. The lowest BCUT2D eigenvalue weighted by Gasteiger charge is -2.27. The van der Waals surface area contributed by atoms with Crippen molar-refractivity contribution >= 4 is 5.91 Å². The third kappa shape index (κ3) is 1.88. The van der Waals surface area contributed by atoms with E-state index in [9.17, 15) is 4.79 Å². The zero-order valence-electron chi connectivity index (χ0n) is 8.77. The summed E-state index contributed by atoms with van der Waals surface area (Å²) in [6.45, 7) is 0.272. The van der Waals surface area contributed by atoms with Gasteiger partial charge >= 0.3 is 0 Å². The number of carbonyl (C=O) groups is 1. The smallest absolute Gasteiger partial charge is 0.266 e. The molecule has 0 spiro atoms. The van der Waals surface area contributed by atoms with Gasteiger partial charge in [-0.3, -0.25) is 4.79 Å². The van der Waals surface area contributed by atoms with Crippen molar-refractivity contribution in [3.8, 4) is 11.5 Å². The second kappa shape index (κ2) is 3.81. The van der Waals surface area contributed by atoms with Gasteiger partial charge in [0.1, 0.15) is 6.61 Å². The lowest BCUT2D eigenvalue weighted by atomic mass is 10.2. The van der Waals surface area contributed by atoms with E-state index in [2.05, 4.69) is 0 Å². The molecule has 0 aromatic heterocycles. The van der Waals surface area contributed by atoms with Crippen molar-refractivity contribution in [1.29, 1.82) is 0 Å². The van der Waals surface area contributed by atoms with Gasteiger partial charge in [-0.1, -0.05) is 12.1 Å². The summed E-state index contributed by atoms with van der Waals surface area (Å²) in [4.78, 5) is 13.1. The summed E-state index contributed by atoms with van der Waals surface area (Å²) in [6, 6.07) is 7.34. The fourth-order valence-corrected chi connectivity index (χ4v) is 1.43. The van der Waals surface area contributed by atoms with Gasteiger partial charge < -0.3 is 14.4 Å². The molecule has 0 radical (unpaired) electrons. The first-order chi connectivity index (χ1) is 7.18. The number of fused-ring (bicyclic) bond motifs is 1. The van der Waals surface area contributed by atoms with E-state index in [-0.39, 0.29) is 12.5 Å². The average molecular weight is 207 g/mol. The molecule has 4 nitrogen and oxygen atoms in total. The number of hydrogen-bond donors (Lipinski definition) is 0. The highest BCUT2D eigenvalue weighted by molar-refractivity contribution is 5.81. The van der Waals surface area contributed by atoms with Crippen molar-refractivity contribution in [3.05, 3.63) is 24.3 Å². The topological polar surface area (TPSA) is 38.8 Å². The molecule has 0 unspecified atom stereocenters. The van der Waals surface area contributed by atoms with Gasteiger partial charge in [-0.15, -0.1) is 0 Å². The van der Waals surface area contributed by atoms with Crippen LogP contribution in [-0.2, 0) is 4.79 Å². The van der Waals surface area contributed by atoms with Gasteiger partial charge in [-0.2, -0.15) is 0 Å². The van der Waals surface area contributed by atoms with E-state index >= 15 is 0 Å². The van der Waals surface area contributed by atoms with Crippen LogP contribution in [0, 0.1) is 0 Å². The summed E-state index contributed by atoms with van der Waals surface area (Å²) in [5, 5.41) is 0. The highest BCUT2D eigenvalue weighted by Gasteiger charge is 2.28. The zero-order chi connectivity index (χ0) is 10.8. The molecule has 0 fully saturated rings. The summed E-state index contributed by atoms with van der Waals surface area (Å²) in [7, 11) is 3.40. The summed E-state index contributed by atoms with van der Waals surface area (Å²) in [6.07, 6.45) is -0.533. The molecule has 0 N–H and O–H groups in total. The van der Waals surface area contributed by atoms with Crippen LogP contribution in [-0.4, -0.2) is 37.6 Å². The molecular formula is C11H13NO3. The molecule has 1 atom stereocenters. The number of benzene rings is 1. The molecule has 1 aliphatic rings. The molecule has 0 saturated carbocycles. The van der Waals surface area contributed by atoms with Crippen molar-refractivity contribution in [2.75, 3.05) is 20.7 Å². The Morgan fingerprint density at radius 2 is 2.00 bits per heavy atom. The van der Waals surface area contributed by atoms with Crippen LogP contribution in [0.4, 0.5) is 0 Å². The molecular weight excluding hydrogens is 194 g/mol. The number of likely N-dealkylation sites (N-methyl/N-ethyl adjacent to an activating group) is 1. The van der Waals surface area contributed by atoms with Crippen molar-refractivity contribution in [2.24, 2.45) is 0 Å². The van der Waals surface area contributed by atoms with E-state index in [4.69, 9.17) is 9.47 Å². The van der Waals surface area contributed by atoms with Gasteiger partial charge in [0.2, 0.25) is 6.10 Å². The third-order valence-electron chi connectivity index (χ3n) is 2.22. The molecule has 4 heteroatoms. The Morgan fingerprint density at radius 1 is 1.33 bits per heavy atom. The van der Waals surface area contributed by atoms with Gasteiger partial charge in [-0.05, 0) is 12.1 Å².